The van der Waals surface area contributed by atoms with Gasteiger partial charge in [-0.15, -0.1) is 0 Å². The van der Waals surface area contributed by atoms with E-state index in [1.165, 1.54) is 13.8 Å². The van der Waals surface area contributed by atoms with E-state index in [1.807, 2.05) is 0 Å². The minimum Gasteiger partial charge on any atom is -0.381 e. The highest BCUT2D eigenvalue weighted by molar-refractivity contribution is 7.94. The smallest absolute Gasteiger partial charge is 0.247 e. The molecule has 1 amide bonds. The molecule has 1 aromatic heterocycles. The summed E-state index contributed by atoms with van der Waals surface area (Å²) < 4.78 is 46.8. The number of amides is 1. The van der Waals surface area contributed by atoms with Crippen LogP contribution in [-0.4, -0.2) is 55.6 Å². The van der Waals surface area contributed by atoms with E-state index in [0.717, 1.165) is 32.1 Å². The molecule has 3 fully saturated rings. The Morgan fingerprint density at radius 2 is 1.93 bits per heavy atom. The fourth-order valence-electron chi connectivity index (χ4n) is 3.95. The predicted molar refractivity (Wildman–Crippen MR) is 108 cm³/mol. The number of hydrogen-bond acceptors (Lipinski definition) is 8. The zero-order valence-electron chi connectivity index (χ0n) is 17.5. The van der Waals surface area contributed by atoms with E-state index in [-0.39, 0.29) is 12.2 Å². The number of carbonyl (C=O) groups is 1. The second-order valence-corrected chi connectivity index (χ2v) is 11.6. The van der Waals surface area contributed by atoms with Crippen LogP contribution in [0, 0.1) is 0 Å². The first kappa shape index (κ1) is 21.7. The van der Waals surface area contributed by atoms with Crippen molar-refractivity contribution in [2.24, 2.45) is 0 Å². The summed E-state index contributed by atoms with van der Waals surface area (Å²) in [6.07, 6.45) is 5.11. The van der Waals surface area contributed by atoms with Crippen molar-refractivity contribution in [1.82, 2.24) is 5.16 Å². The van der Waals surface area contributed by atoms with Crippen molar-refractivity contribution in [3.63, 3.8) is 0 Å². The standard InChI is InChI=1S/C20H30N2O7S/c1-19(2,30(24,25)14-6-11-26-12-7-14)18(23)21-16-13-15(22-29-16)20(8-9-20)28-17-5-3-4-10-27-17/h13-14,17H,3-12H2,1-2H3,(H,21,23). The van der Waals surface area contributed by atoms with E-state index in [1.54, 1.807) is 6.07 Å². The number of rotatable bonds is 7. The maximum atomic E-state index is 13.0. The number of hydrogen-bond donors (Lipinski definition) is 1. The second kappa shape index (κ2) is 8.22. The first-order valence-electron chi connectivity index (χ1n) is 10.6. The van der Waals surface area contributed by atoms with Crippen molar-refractivity contribution in [3.05, 3.63) is 11.8 Å². The number of carbonyl (C=O) groups excluding carboxylic acids is 1. The van der Waals surface area contributed by atoms with Crippen molar-refractivity contribution in [2.45, 2.75) is 80.7 Å². The Kier molecular flexibility index (Phi) is 5.95. The summed E-state index contributed by atoms with van der Waals surface area (Å²) in [7, 11) is -3.70. The quantitative estimate of drug-likeness (QED) is 0.685. The van der Waals surface area contributed by atoms with Crippen LogP contribution in [0.5, 0.6) is 0 Å². The van der Waals surface area contributed by atoms with Gasteiger partial charge in [-0.2, -0.15) is 0 Å². The van der Waals surface area contributed by atoms with Crippen LogP contribution in [0.1, 0.15) is 64.5 Å². The molecule has 9 nitrogen and oxygen atoms in total. The molecule has 2 saturated heterocycles. The van der Waals surface area contributed by atoms with Gasteiger partial charge in [-0.1, -0.05) is 5.16 Å². The lowest BCUT2D eigenvalue weighted by Gasteiger charge is -2.30. The minimum absolute atomic E-state index is 0.115. The van der Waals surface area contributed by atoms with Crippen LogP contribution < -0.4 is 5.32 Å². The van der Waals surface area contributed by atoms with Gasteiger partial charge in [0.25, 0.3) is 0 Å². The van der Waals surface area contributed by atoms with Crippen molar-refractivity contribution in [2.75, 3.05) is 25.1 Å². The van der Waals surface area contributed by atoms with Crippen LogP contribution in [-0.2, 0) is 34.4 Å². The number of nitrogens with one attached hydrogen (secondary N) is 1. The van der Waals surface area contributed by atoms with E-state index in [4.69, 9.17) is 18.7 Å². The van der Waals surface area contributed by atoms with Gasteiger partial charge in [0.1, 0.15) is 16.0 Å². The number of anilines is 1. The molecule has 3 aliphatic rings. The van der Waals surface area contributed by atoms with Crippen LogP contribution in [0.2, 0.25) is 0 Å². The second-order valence-electron chi connectivity index (χ2n) is 8.81. The highest BCUT2D eigenvalue weighted by Gasteiger charge is 2.51. The normalized spacial score (nSPS) is 25.1. The number of aromatic nitrogens is 1. The molecule has 1 atom stereocenters. The molecular formula is C20H30N2O7S. The summed E-state index contributed by atoms with van der Waals surface area (Å²) >= 11 is 0. The molecule has 0 spiro atoms. The minimum atomic E-state index is -3.70. The molecule has 1 unspecified atom stereocenters. The third-order valence-electron chi connectivity index (χ3n) is 6.28. The fraction of sp³-hybridized carbons (Fsp3) is 0.800. The van der Waals surface area contributed by atoms with E-state index < -0.39 is 31.3 Å². The predicted octanol–water partition coefficient (Wildman–Crippen LogP) is 2.52. The Balaban J connectivity index is 1.42. The van der Waals surface area contributed by atoms with Gasteiger partial charge in [-0.05, 0) is 58.8 Å². The Bertz CT molecular complexity index is 863. The Hall–Kier alpha value is -1.49. The van der Waals surface area contributed by atoms with E-state index in [9.17, 15) is 13.2 Å². The summed E-state index contributed by atoms with van der Waals surface area (Å²) in [5, 5.41) is 6.07. The Labute approximate surface area is 176 Å². The molecule has 4 rings (SSSR count). The number of sulfone groups is 1. The van der Waals surface area contributed by atoms with Crippen molar-refractivity contribution < 1.29 is 31.9 Å². The summed E-state index contributed by atoms with van der Waals surface area (Å²) in [5.41, 5.74) is 0.0510. The lowest BCUT2D eigenvalue weighted by Crippen LogP contribution is -2.50. The molecule has 0 aromatic carbocycles. The van der Waals surface area contributed by atoms with E-state index >= 15 is 0 Å². The third-order valence-corrected chi connectivity index (χ3v) is 9.24. The molecule has 1 N–H and O–H groups in total. The van der Waals surface area contributed by atoms with Crippen molar-refractivity contribution in [1.29, 1.82) is 0 Å². The molecule has 2 aliphatic heterocycles. The van der Waals surface area contributed by atoms with Crippen molar-refractivity contribution in [3.8, 4) is 0 Å². The van der Waals surface area contributed by atoms with Crippen LogP contribution in [0.3, 0.4) is 0 Å². The average Bonchev–Trinajstić information content (AvgIpc) is 3.36. The summed E-state index contributed by atoms with van der Waals surface area (Å²) in [4.78, 5) is 12.9. The first-order valence-corrected chi connectivity index (χ1v) is 12.2. The van der Waals surface area contributed by atoms with Gasteiger partial charge in [0.05, 0.1) is 5.25 Å². The Morgan fingerprint density at radius 3 is 2.57 bits per heavy atom. The fourth-order valence-corrected chi connectivity index (χ4v) is 5.90. The number of nitrogens with zero attached hydrogens (tertiary/aromatic N) is 1. The van der Waals surface area contributed by atoms with Gasteiger partial charge in [-0.25, -0.2) is 8.42 Å². The molecule has 1 saturated carbocycles. The molecule has 0 radical (unpaired) electrons. The topological polar surface area (TPSA) is 117 Å². The molecule has 10 heteroatoms. The molecule has 0 bridgehead atoms. The average molecular weight is 443 g/mol. The van der Waals surface area contributed by atoms with Crippen LogP contribution >= 0.6 is 0 Å². The summed E-state index contributed by atoms with van der Waals surface area (Å²) in [5.74, 6) is -0.525. The van der Waals surface area contributed by atoms with Gasteiger partial charge < -0.3 is 18.7 Å². The van der Waals surface area contributed by atoms with Gasteiger partial charge >= 0.3 is 0 Å². The summed E-state index contributed by atoms with van der Waals surface area (Å²) in [6, 6.07) is 1.62. The van der Waals surface area contributed by atoms with Gasteiger partial charge in [0.15, 0.2) is 16.1 Å². The van der Waals surface area contributed by atoms with Crippen LogP contribution in [0.25, 0.3) is 0 Å². The molecule has 3 heterocycles. The van der Waals surface area contributed by atoms with E-state index in [0.29, 0.717) is 38.4 Å². The molecular weight excluding hydrogens is 412 g/mol. The zero-order chi connectivity index (χ0) is 21.4. The maximum absolute atomic E-state index is 13.0. The van der Waals surface area contributed by atoms with E-state index in [2.05, 4.69) is 10.5 Å². The first-order chi connectivity index (χ1) is 14.2. The highest BCUT2D eigenvalue weighted by Crippen LogP contribution is 2.50. The SMILES string of the molecule is CC(C)(C(=O)Nc1cc(C2(OC3CCCCO3)CC2)no1)S(=O)(=O)C1CCOCC1. The molecule has 1 aliphatic carbocycles. The monoisotopic (exact) mass is 442 g/mol. The lowest BCUT2D eigenvalue weighted by molar-refractivity contribution is -0.201. The highest BCUT2D eigenvalue weighted by atomic mass is 32.2. The maximum Gasteiger partial charge on any atom is 0.247 e. The number of ether oxygens (including phenoxy) is 3. The Morgan fingerprint density at radius 1 is 1.20 bits per heavy atom. The summed E-state index contributed by atoms with van der Waals surface area (Å²) in [6.45, 7) is 4.32. The van der Waals surface area contributed by atoms with Gasteiger partial charge in [0, 0.05) is 25.9 Å². The molecule has 30 heavy (non-hydrogen) atoms. The molecule has 168 valence electrons. The van der Waals surface area contributed by atoms with Crippen LogP contribution in [0.15, 0.2) is 10.6 Å². The zero-order valence-corrected chi connectivity index (χ0v) is 18.3. The van der Waals surface area contributed by atoms with Gasteiger partial charge in [-0.3, -0.25) is 10.1 Å². The lowest BCUT2D eigenvalue weighted by atomic mass is 10.2. The largest absolute Gasteiger partial charge is 0.381 e. The van der Waals surface area contributed by atoms with Crippen molar-refractivity contribution >= 4 is 21.6 Å². The van der Waals surface area contributed by atoms with Crippen LogP contribution in [0.4, 0.5) is 5.88 Å². The molecule has 1 aromatic rings. The third kappa shape index (κ3) is 4.15. The van der Waals surface area contributed by atoms with Gasteiger partial charge in [0.2, 0.25) is 11.8 Å².